The lowest BCUT2D eigenvalue weighted by molar-refractivity contribution is 0.645. The molecule has 65 valence electrons. The summed E-state index contributed by atoms with van der Waals surface area (Å²) in [6.45, 7) is 2.81. The smallest absolute Gasteiger partial charge is 0.109 e. The van der Waals surface area contributed by atoms with Crippen molar-refractivity contribution >= 4 is 0 Å². The molecule has 0 amide bonds. The SMILES string of the molecule is Cc1ccc(Cn2[c]cnn2)cc1. The zero-order chi connectivity index (χ0) is 9.10. The maximum atomic E-state index is 3.85. The van der Waals surface area contributed by atoms with Gasteiger partial charge in [-0.2, -0.15) is 0 Å². The molecular formula is C10H10N3. The van der Waals surface area contributed by atoms with Gasteiger partial charge in [-0.05, 0) is 12.5 Å². The fourth-order valence-corrected chi connectivity index (χ4v) is 1.15. The molecule has 0 spiro atoms. The summed E-state index contributed by atoms with van der Waals surface area (Å²) in [5.41, 5.74) is 2.48. The van der Waals surface area contributed by atoms with E-state index in [9.17, 15) is 0 Å². The third-order valence-electron chi connectivity index (χ3n) is 1.88. The summed E-state index contributed by atoms with van der Waals surface area (Å²) in [6, 6.07) is 8.36. The molecule has 2 aromatic rings. The van der Waals surface area contributed by atoms with E-state index in [4.69, 9.17) is 0 Å². The van der Waals surface area contributed by atoms with Gasteiger partial charge in [-0.3, -0.25) is 0 Å². The predicted octanol–water partition coefficient (Wildman–Crippen LogP) is 1.44. The molecule has 0 aliphatic carbocycles. The zero-order valence-electron chi connectivity index (χ0n) is 7.44. The number of aromatic nitrogens is 3. The Morgan fingerprint density at radius 2 is 2.08 bits per heavy atom. The van der Waals surface area contributed by atoms with Crippen LogP contribution in [0.2, 0.25) is 0 Å². The number of nitrogens with zero attached hydrogens (tertiary/aromatic N) is 3. The van der Waals surface area contributed by atoms with Gasteiger partial charge in [-0.15, -0.1) is 5.10 Å². The number of rotatable bonds is 2. The van der Waals surface area contributed by atoms with E-state index in [0.29, 0.717) is 0 Å². The highest BCUT2D eigenvalue weighted by molar-refractivity contribution is 5.21. The van der Waals surface area contributed by atoms with Crippen LogP contribution in [0.3, 0.4) is 0 Å². The molecule has 1 heterocycles. The molecule has 0 bridgehead atoms. The fraction of sp³-hybridized carbons (Fsp3) is 0.200. The number of aryl methyl sites for hydroxylation is 1. The van der Waals surface area contributed by atoms with Gasteiger partial charge in [-0.25, -0.2) is 4.68 Å². The second kappa shape index (κ2) is 3.39. The van der Waals surface area contributed by atoms with Crippen LogP contribution in [0.1, 0.15) is 11.1 Å². The molecule has 0 fully saturated rings. The minimum atomic E-state index is 0.736. The van der Waals surface area contributed by atoms with E-state index in [1.54, 1.807) is 10.9 Å². The second-order valence-electron chi connectivity index (χ2n) is 3.01. The van der Waals surface area contributed by atoms with Crippen molar-refractivity contribution in [3.8, 4) is 0 Å². The first-order valence-corrected chi connectivity index (χ1v) is 4.16. The lowest BCUT2D eigenvalue weighted by Gasteiger charge is -2.00. The standard InChI is InChI=1S/C10H10N3/c1-9-2-4-10(5-3-9)8-13-7-6-11-12-13/h2-6H,8H2,1H3. The average Bonchev–Trinajstić information content (AvgIpc) is 2.62. The normalized spacial score (nSPS) is 10.2. The van der Waals surface area contributed by atoms with Crippen molar-refractivity contribution in [2.24, 2.45) is 0 Å². The van der Waals surface area contributed by atoms with Crippen molar-refractivity contribution in [3.63, 3.8) is 0 Å². The van der Waals surface area contributed by atoms with Gasteiger partial charge in [0.25, 0.3) is 0 Å². The fourth-order valence-electron chi connectivity index (χ4n) is 1.15. The highest BCUT2D eigenvalue weighted by atomic mass is 15.4. The van der Waals surface area contributed by atoms with Gasteiger partial charge in [-0.1, -0.05) is 35.0 Å². The summed E-state index contributed by atoms with van der Waals surface area (Å²) < 4.78 is 1.69. The monoisotopic (exact) mass is 172 g/mol. The van der Waals surface area contributed by atoms with Crippen LogP contribution in [0.5, 0.6) is 0 Å². The topological polar surface area (TPSA) is 30.7 Å². The van der Waals surface area contributed by atoms with Gasteiger partial charge in [0, 0.05) is 0 Å². The van der Waals surface area contributed by atoms with Crippen molar-refractivity contribution in [2.75, 3.05) is 0 Å². The highest BCUT2D eigenvalue weighted by Crippen LogP contribution is 2.03. The molecule has 0 saturated carbocycles. The number of hydrogen-bond acceptors (Lipinski definition) is 2. The molecular weight excluding hydrogens is 162 g/mol. The molecule has 3 nitrogen and oxygen atoms in total. The van der Waals surface area contributed by atoms with E-state index in [-0.39, 0.29) is 0 Å². The van der Waals surface area contributed by atoms with Gasteiger partial charge >= 0.3 is 0 Å². The van der Waals surface area contributed by atoms with E-state index in [1.165, 1.54) is 11.1 Å². The van der Waals surface area contributed by atoms with E-state index < -0.39 is 0 Å². The van der Waals surface area contributed by atoms with Crippen molar-refractivity contribution in [2.45, 2.75) is 13.5 Å². The Morgan fingerprint density at radius 1 is 1.31 bits per heavy atom. The van der Waals surface area contributed by atoms with E-state index in [0.717, 1.165) is 6.54 Å². The molecule has 0 saturated heterocycles. The first-order chi connectivity index (χ1) is 6.34. The third-order valence-corrected chi connectivity index (χ3v) is 1.88. The number of hydrogen-bond donors (Lipinski definition) is 0. The first-order valence-electron chi connectivity index (χ1n) is 4.16. The van der Waals surface area contributed by atoms with E-state index in [1.807, 2.05) is 0 Å². The summed E-state index contributed by atoms with van der Waals surface area (Å²) in [7, 11) is 0. The summed E-state index contributed by atoms with van der Waals surface area (Å²) in [5, 5.41) is 7.54. The molecule has 2 rings (SSSR count). The lowest BCUT2D eigenvalue weighted by Crippen LogP contribution is -2.00. The van der Waals surface area contributed by atoms with Crippen LogP contribution in [-0.4, -0.2) is 15.0 Å². The first kappa shape index (κ1) is 7.98. The molecule has 13 heavy (non-hydrogen) atoms. The zero-order valence-corrected chi connectivity index (χ0v) is 7.44. The Balaban J connectivity index is 2.15. The molecule has 0 aliphatic rings. The van der Waals surface area contributed by atoms with Crippen LogP contribution in [0, 0.1) is 13.1 Å². The Bertz CT molecular complexity index is 362. The van der Waals surface area contributed by atoms with Crippen LogP contribution >= 0.6 is 0 Å². The maximum absolute atomic E-state index is 3.85. The van der Waals surface area contributed by atoms with Gasteiger partial charge in [0.15, 0.2) is 0 Å². The summed E-state index contributed by atoms with van der Waals surface area (Å²) >= 11 is 0. The van der Waals surface area contributed by atoms with Crippen LogP contribution in [-0.2, 0) is 6.54 Å². The molecule has 0 unspecified atom stereocenters. The molecule has 1 radical (unpaired) electrons. The van der Waals surface area contributed by atoms with Gasteiger partial charge in [0.2, 0.25) is 0 Å². The maximum Gasteiger partial charge on any atom is 0.109 e. The summed E-state index contributed by atoms with van der Waals surface area (Å²) in [4.78, 5) is 0. The Kier molecular flexibility index (Phi) is 2.08. The van der Waals surface area contributed by atoms with Crippen LogP contribution in [0.25, 0.3) is 0 Å². The Hall–Kier alpha value is -1.64. The van der Waals surface area contributed by atoms with Crippen LogP contribution in [0.15, 0.2) is 30.5 Å². The summed E-state index contributed by atoms with van der Waals surface area (Å²) in [6.07, 6.45) is 4.46. The largest absolute Gasteiger partial charge is 0.239 e. The van der Waals surface area contributed by atoms with Gasteiger partial charge < -0.3 is 0 Å². The van der Waals surface area contributed by atoms with Crippen molar-refractivity contribution < 1.29 is 0 Å². The molecule has 3 heteroatoms. The van der Waals surface area contributed by atoms with Gasteiger partial charge in [0.1, 0.15) is 6.20 Å². The minimum absolute atomic E-state index is 0.736. The molecule has 1 aromatic carbocycles. The summed E-state index contributed by atoms with van der Waals surface area (Å²) in [5.74, 6) is 0. The second-order valence-corrected chi connectivity index (χ2v) is 3.01. The number of benzene rings is 1. The van der Waals surface area contributed by atoms with Crippen molar-refractivity contribution in [1.29, 1.82) is 0 Å². The highest BCUT2D eigenvalue weighted by Gasteiger charge is 1.94. The predicted molar refractivity (Wildman–Crippen MR) is 49.1 cm³/mol. The quantitative estimate of drug-likeness (QED) is 0.686. The molecule has 1 aromatic heterocycles. The van der Waals surface area contributed by atoms with Crippen LogP contribution < -0.4 is 0 Å². The molecule has 0 aliphatic heterocycles. The Morgan fingerprint density at radius 3 is 2.69 bits per heavy atom. The van der Waals surface area contributed by atoms with Gasteiger partial charge in [0.05, 0.1) is 12.7 Å². The van der Waals surface area contributed by atoms with Crippen molar-refractivity contribution in [3.05, 3.63) is 47.8 Å². The Labute approximate surface area is 77.0 Å². The minimum Gasteiger partial charge on any atom is -0.239 e. The van der Waals surface area contributed by atoms with E-state index in [2.05, 4.69) is 47.7 Å². The molecule has 0 N–H and O–H groups in total. The van der Waals surface area contributed by atoms with E-state index >= 15 is 0 Å². The molecule has 0 atom stereocenters. The average molecular weight is 172 g/mol. The van der Waals surface area contributed by atoms with Crippen LogP contribution in [0.4, 0.5) is 0 Å². The third kappa shape index (κ3) is 1.93. The van der Waals surface area contributed by atoms with Crippen molar-refractivity contribution in [1.82, 2.24) is 15.0 Å². The lowest BCUT2D eigenvalue weighted by atomic mass is 10.1.